The van der Waals surface area contributed by atoms with Crippen LogP contribution in [0.3, 0.4) is 0 Å². The molecule has 0 radical (unpaired) electrons. The number of thiophene rings is 1. The van der Waals surface area contributed by atoms with Crippen molar-refractivity contribution in [2.45, 2.75) is 38.6 Å². The molecule has 2 heterocycles. The van der Waals surface area contributed by atoms with Crippen molar-refractivity contribution >= 4 is 38.0 Å². The van der Waals surface area contributed by atoms with E-state index >= 15 is 0 Å². The van der Waals surface area contributed by atoms with E-state index in [0.717, 1.165) is 29.7 Å². The number of carbonyl (C=O) groups excluding carboxylic acids is 2. The molecule has 30 heavy (non-hydrogen) atoms. The average Bonchev–Trinajstić information content (AvgIpc) is 3.36. The molecule has 7 nitrogen and oxygen atoms in total. The first-order chi connectivity index (χ1) is 14.4. The van der Waals surface area contributed by atoms with Gasteiger partial charge in [-0.3, -0.25) is 9.59 Å². The minimum Gasteiger partial charge on any atom is -0.494 e. The Morgan fingerprint density at radius 2 is 1.93 bits per heavy atom. The van der Waals surface area contributed by atoms with E-state index in [0.29, 0.717) is 34.9 Å². The molecule has 0 saturated carbocycles. The number of hydrogen-bond donors (Lipinski definition) is 2. The second-order valence-electron chi connectivity index (χ2n) is 7.55. The first-order valence-corrected chi connectivity index (χ1v) is 12.7. The lowest BCUT2D eigenvalue weighted by molar-refractivity contribution is 0.0941. The molecular weight excluding hydrogens is 424 g/mol. The van der Waals surface area contributed by atoms with Crippen LogP contribution in [0.5, 0.6) is 5.75 Å². The van der Waals surface area contributed by atoms with Gasteiger partial charge in [0.2, 0.25) is 0 Å². The Morgan fingerprint density at radius 1 is 1.17 bits per heavy atom. The third kappa shape index (κ3) is 4.37. The van der Waals surface area contributed by atoms with Gasteiger partial charge < -0.3 is 15.4 Å². The Labute approximate surface area is 179 Å². The van der Waals surface area contributed by atoms with Gasteiger partial charge in [0.1, 0.15) is 10.8 Å². The maximum absolute atomic E-state index is 13.0. The molecule has 1 fully saturated rings. The maximum Gasteiger partial charge on any atom is 0.256 e. The van der Waals surface area contributed by atoms with Gasteiger partial charge in [-0.25, -0.2) is 8.42 Å². The van der Waals surface area contributed by atoms with Crippen LogP contribution in [0.2, 0.25) is 0 Å². The minimum atomic E-state index is -3.09. The molecule has 1 aliphatic heterocycles. The lowest BCUT2D eigenvalue weighted by atomic mass is 10.1. The summed E-state index contributed by atoms with van der Waals surface area (Å²) in [5.74, 6) is 0.157. The number of benzene rings is 1. The molecule has 0 bridgehead atoms. The fraction of sp³-hybridized carbons (Fsp3) is 0.429. The largest absolute Gasteiger partial charge is 0.494 e. The highest BCUT2D eigenvalue weighted by atomic mass is 32.2. The molecule has 1 saturated heterocycles. The lowest BCUT2D eigenvalue weighted by Crippen LogP contribution is -2.36. The van der Waals surface area contributed by atoms with E-state index in [-0.39, 0.29) is 29.4 Å². The van der Waals surface area contributed by atoms with Crippen LogP contribution in [0.4, 0.5) is 5.00 Å². The first kappa shape index (κ1) is 20.9. The third-order valence-corrected chi connectivity index (χ3v) is 8.35. The van der Waals surface area contributed by atoms with Gasteiger partial charge in [0.25, 0.3) is 11.8 Å². The predicted molar refractivity (Wildman–Crippen MR) is 116 cm³/mol. The molecule has 1 aliphatic carbocycles. The number of fused-ring (bicyclic) bond motifs is 1. The van der Waals surface area contributed by atoms with E-state index in [9.17, 15) is 18.0 Å². The van der Waals surface area contributed by atoms with Crippen molar-refractivity contribution in [1.82, 2.24) is 5.32 Å². The highest BCUT2D eigenvalue weighted by Crippen LogP contribution is 2.39. The third-order valence-electron chi connectivity index (χ3n) is 5.37. The number of anilines is 1. The predicted octanol–water partition coefficient (Wildman–Crippen LogP) is 2.80. The molecule has 1 aromatic carbocycles. The molecule has 2 aliphatic rings. The van der Waals surface area contributed by atoms with Crippen LogP contribution >= 0.6 is 11.3 Å². The van der Waals surface area contributed by atoms with E-state index in [2.05, 4.69) is 10.6 Å². The number of nitrogens with one attached hydrogen (secondary N) is 2. The summed E-state index contributed by atoms with van der Waals surface area (Å²) in [7, 11) is -3.09. The number of aryl methyl sites for hydroxylation is 1. The fourth-order valence-corrected chi connectivity index (χ4v) is 6.90. The van der Waals surface area contributed by atoms with Crippen LogP contribution in [0.15, 0.2) is 24.3 Å². The first-order valence-electron chi connectivity index (χ1n) is 10.1. The molecule has 2 amide bonds. The van der Waals surface area contributed by atoms with Crippen molar-refractivity contribution in [3.63, 3.8) is 0 Å². The molecule has 4 rings (SSSR count). The number of carbonyl (C=O) groups is 2. The zero-order valence-corrected chi connectivity index (χ0v) is 18.3. The summed E-state index contributed by atoms with van der Waals surface area (Å²) in [5, 5.41) is 6.28. The molecule has 160 valence electrons. The van der Waals surface area contributed by atoms with Crippen molar-refractivity contribution in [2.24, 2.45) is 0 Å². The van der Waals surface area contributed by atoms with Crippen LogP contribution in [-0.4, -0.2) is 44.4 Å². The summed E-state index contributed by atoms with van der Waals surface area (Å²) in [4.78, 5) is 26.9. The van der Waals surface area contributed by atoms with Gasteiger partial charge in [0.05, 0.1) is 23.7 Å². The summed E-state index contributed by atoms with van der Waals surface area (Å²) in [6.45, 7) is 2.44. The molecular formula is C21H24N2O5S2. The topological polar surface area (TPSA) is 102 Å². The summed E-state index contributed by atoms with van der Waals surface area (Å²) in [5.41, 5.74) is 1.93. The Hall–Kier alpha value is -2.39. The monoisotopic (exact) mass is 448 g/mol. The molecule has 1 aromatic heterocycles. The zero-order valence-electron chi connectivity index (χ0n) is 16.7. The number of amides is 2. The highest BCUT2D eigenvalue weighted by molar-refractivity contribution is 7.91. The van der Waals surface area contributed by atoms with Crippen molar-refractivity contribution in [1.29, 1.82) is 0 Å². The second kappa shape index (κ2) is 8.39. The van der Waals surface area contributed by atoms with Crippen LogP contribution in [0.1, 0.15) is 50.9 Å². The van der Waals surface area contributed by atoms with Crippen LogP contribution in [-0.2, 0) is 22.7 Å². The van der Waals surface area contributed by atoms with Gasteiger partial charge in [0.15, 0.2) is 9.84 Å². The van der Waals surface area contributed by atoms with Gasteiger partial charge in [0, 0.05) is 16.5 Å². The van der Waals surface area contributed by atoms with Crippen molar-refractivity contribution in [2.75, 3.05) is 23.4 Å². The Bertz CT molecular complexity index is 1070. The van der Waals surface area contributed by atoms with Crippen molar-refractivity contribution in [3.05, 3.63) is 45.8 Å². The molecule has 2 aromatic rings. The number of rotatable bonds is 6. The number of ether oxygens (including phenoxy) is 1. The summed E-state index contributed by atoms with van der Waals surface area (Å²) >= 11 is 1.43. The number of hydrogen-bond acceptors (Lipinski definition) is 6. The zero-order chi connectivity index (χ0) is 21.3. The normalized spacial score (nSPS) is 19.3. The standard InChI is InChI=1S/C21H24N2O5S2/c1-2-28-15-8-6-13(7-9-15)19(24)23-21-18(16-4-3-5-17(16)29-21)20(25)22-14-10-11-30(26,27)12-14/h6-9,14H,2-5,10-12H2,1H3,(H,22,25)(H,23,24)/t14-/m1/s1. The van der Waals surface area contributed by atoms with Crippen molar-refractivity contribution < 1.29 is 22.7 Å². The Morgan fingerprint density at radius 3 is 2.60 bits per heavy atom. The Kier molecular flexibility index (Phi) is 5.84. The van der Waals surface area contributed by atoms with Crippen LogP contribution in [0, 0.1) is 0 Å². The quantitative estimate of drug-likeness (QED) is 0.708. The average molecular weight is 449 g/mol. The number of sulfone groups is 1. The maximum atomic E-state index is 13.0. The minimum absolute atomic E-state index is 0.0288. The van der Waals surface area contributed by atoms with E-state index in [4.69, 9.17) is 4.74 Å². The molecule has 0 spiro atoms. The van der Waals surface area contributed by atoms with Crippen molar-refractivity contribution in [3.8, 4) is 5.75 Å². The van der Waals surface area contributed by atoms with Gasteiger partial charge in [-0.05, 0) is 62.4 Å². The van der Waals surface area contributed by atoms with Gasteiger partial charge in [-0.1, -0.05) is 0 Å². The highest BCUT2D eigenvalue weighted by Gasteiger charge is 2.32. The SMILES string of the molecule is CCOc1ccc(C(=O)Nc2sc3c(c2C(=O)N[C@@H]2CCS(=O)(=O)C2)CCC3)cc1. The summed E-state index contributed by atoms with van der Waals surface area (Å²) in [6.07, 6.45) is 3.08. The molecule has 2 N–H and O–H groups in total. The molecule has 1 atom stereocenters. The lowest BCUT2D eigenvalue weighted by Gasteiger charge is -2.13. The van der Waals surface area contributed by atoms with E-state index in [1.54, 1.807) is 24.3 Å². The second-order valence-corrected chi connectivity index (χ2v) is 10.9. The van der Waals surface area contributed by atoms with E-state index < -0.39 is 9.84 Å². The van der Waals surface area contributed by atoms with Gasteiger partial charge in [-0.15, -0.1) is 11.3 Å². The van der Waals surface area contributed by atoms with E-state index in [1.807, 2.05) is 6.92 Å². The molecule has 9 heteroatoms. The van der Waals surface area contributed by atoms with Gasteiger partial charge in [-0.2, -0.15) is 0 Å². The smallest absolute Gasteiger partial charge is 0.256 e. The fourth-order valence-electron chi connectivity index (χ4n) is 3.94. The van der Waals surface area contributed by atoms with Gasteiger partial charge >= 0.3 is 0 Å². The summed E-state index contributed by atoms with van der Waals surface area (Å²) in [6, 6.07) is 6.46. The van der Waals surface area contributed by atoms with Crippen LogP contribution in [0.25, 0.3) is 0 Å². The Balaban J connectivity index is 1.53. The van der Waals surface area contributed by atoms with Crippen LogP contribution < -0.4 is 15.4 Å². The van der Waals surface area contributed by atoms with E-state index in [1.165, 1.54) is 11.3 Å². The summed E-state index contributed by atoms with van der Waals surface area (Å²) < 4.78 is 28.8. The molecule has 0 unspecified atom stereocenters.